The van der Waals surface area contributed by atoms with Crippen molar-refractivity contribution in [3.05, 3.63) is 271 Å². The van der Waals surface area contributed by atoms with E-state index in [4.69, 9.17) is 9.98 Å². The van der Waals surface area contributed by atoms with Crippen molar-refractivity contribution >= 4 is 79.0 Å². The van der Waals surface area contributed by atoms with Gasteiger partial charge in [-0.25, -0.2) is 4.99 Å². The van der Waals surface area contributed by atoms with Gasteiger partial charge in [-0.15, -0.1) is 0 Å². The molecule has 9 aromatic carbocycles. The molecule has 72 heavy (non-hydrogen) atoms. The SMILES string of the molecule is CCC1=CC=C2c3ccc4c5ccccc5n(-c5ccccc5)c4c3N(C3=NC(c4ccc(N(c5ccccc5)c5ccccc5)cc4)NC(c4ccc(N(c5ccccc5)c5ccccc5)cc4)=N3)C2C1. The van der Waals surface area contributed by atoms with Crippen LogP contribution in [0.3, 0.4) is 0 Å². The zero-order valence-corrected chi connectivity index (χ0v) is 39.9. The third kappa shape index (κ3) is 7.54. The summed E-state index contributed by atoms with van der Waals surface area (Å²) in [5.41, 5.74) is 16.9. The van der Waals surface area contributed by atoms with Crippen LogP contribution >= 0.6 is 0 Å². The highest BCUT2D eigenvalue weighted by Gasteiger charge is 2.42. The van der Waals surface area contributed by atoms with E-state index in [0.717, 1.165) is 86.3 Å². The van der Waals surface area contributed by atoms with Crippen LogP contribution < -0.4 is 20.0 Å². The van der Waals surface area contributed by atoms with E-state index in [1.807, 2.05) is 0 Å². The molecule has 2 unspecified atom stereocenters. The second-order valence-corrected chi connectivity index (χ2v) is 18.5. The minimum Gasteiger partial charge on any atom is -0.344 e. The second kappa shape index (κ2) is 18.3. The molecule has 3 aliphatic rings. The number of aromatic nitrogens is 1. The van der Waals surface area contributed by atoms with Gasteiger partial charge in [-0.1, -0.05) is 158 Å². The highest BCUT2D eigenvalue weighted by molar-refractivity contribution is 6.22. The number of nitrogens with one attached hydrogen (secondary N) is 1. The summed E-state index contributed by atoms with van der Waals surface area (Å²) in [6.45, 7) is 2.26. The first-order valence-corrected chi connectivity index (χ1v) is 24.9. The molecule has 2 atom stereocenters. The van der Waals surface area contributed by atoms with Crippen LogP contribution in [0.15, 0.2) is 264 Å². The summed E-state index contributed by atoms with van der Waals surface area (Å²) in [7, 11) is 0. The van der Waals surface area contributed by atoms with Crippen LogP contribution in [-0.2, 0) is 0 Å². The van der Waals surface area contributed by atoms with Crippen LogP contribution in [0.25, 0.3) is 33.1 Å². The number of para-hydroxylation sites is 6. The minimum atomic E-state index is -0.450. The molecule has 0 amide bonds. The smallest absolute Gasteiger partial charge is 0.230 e. The van der Waals surface area contributed by atoms with E-state index >= 15 is 0 Å². The van der Waals surface area contributed by atoms with Gasteiger partial charge in [0.15, 0.2) is 0 Å². The Morgan fingerprint density at radius 2 is 1.03 bits per heavy atom. The van der Waals surface area contributed by atoms with Gasteiger partial charge in [0.2, 0.25) is 5.96 Å². The van der Waals surface area contributed by atoms with Crippen molar-refractivity contribution in [2.45, 2.75) is 32.0 Å². The number of hydrogen-bond donors (Lipinski definition) is 1. The average molecular weight is 930 g/mol. The minimum absolute atomic E-state index is 0.00403. The number of hydrogen-bond acceptors (Lipinski definition) is 6. The Labute approximate surface area is 420 Å². The molecular weight excluding hydrogens is 879 g/mol. The van der Waals surface area contributed by atoms with Gasteiger partial charge in [-0.05, 0) is 127 Å². The molecule has 7 nitrogen and oxygen atoms in total. The topological polar surface area (TPSA) is 51.4 Å². The van der Waals surface area contributed by atoms with Gasteiger partial charge in [0, 0.05) is 61.7 Å². The van der Waals surface area contributed by atoms with Gasteiger partial charge in [0.05, 0.1) is 22.8 Å². The van der Waals surface area contributed by atoms with Gasteiger partial charge in [-0.2, -0.15) is 4.99 Å². The quantitative estimate of drug-likeness (QED) is 0.148. The zero-order valence-electron chi connectivity index (χ0n) is 39.9. The van der Waals surface area contributed by atoms with Gasteiger partial charge in [0.25, 0.3) is 0 Å². The molecular formula is C65H51N7. The van der Waals surface area contributed by atoms with Crippen LogP contribution in [-0.4, -0.2) is 22.4 Å². The van der Waals surface area contributed by atoms with Crippen LogP contribution in [0.5, 0.6) is 0 Å². The molecule has 7 heteroatoms. The lowest BCUT2D eigenvalue weighted by Crippen LogP contribution is -2.43. The third-order valence-corrected chi connectivity index (χ3v) is 14.3. The van der Waals surface area contributed by atoms with E-state index in [1.54, 1.807) is 0 Å². The molecule has 0 saturated carbocycles. The van der Waals surface area contributed by atoms with Crippen LogP contribution in [0.2, 0.25) is 0 Å². The predicted octanol–water partition coefficient (Wildman–Crippen LogP) is 16.1. The lowest BCUT2D eigenvalue weighted by Gasteiger charge is -2.33. The molecule has 1 aliphatic carbocycles. The first-order chi connectivity index (χ1) is 35.7. The van der Waals surface area contributed by atoms with E-state index in [-0.39, 0.29) is 6.04 Å². The first-order valence-electron chi connectivity index (χ1n) is 24.9. The van der Waals surface area contributed by atoms with Gasteiger partial charge >= 0.3 is 0 Å². The average Bonchev–Trinajstić information content (AvgIpc) is 3.98. The standard InChI is InChI=1S/C65H51N7/c1-2-45-32-41-56-58-43-42-57-55-30-18-19-31-59(55)71(52-28-16-7-17-29-52)61(57)62(58)72(60(56)44-45)65-67-63(46-33-37-53(38-34-46)69(48-20-8-3-9-21-48)49-22-10-4-11-23-49)66-64(68-65)47-35-39-54(40-36-47)70(50-24-12-5-13-25-50)51-26-14-6-15-27-51/h3-43,60,63H,2,44H2,1H3,(H,66,67,68). The third-order valence-electron chi connectivity index (χ3n) is 14.3. The van der Waals surface area contributed by atoms with Crippen molar-refractivity contribution in [2.75, 3.05) is 14.7 Å². The number of fused-ring (bicyclic) bond motifs is 7. The molecule has 0 radical (unpaired) electrons. The largest absolute Gasteiger partial charge is 0.344 e. The van der Waals surface area contributed by atoms with E-state index in [1.165, 1.54) is 27.5 Å². The normalized spacial score (nSPS) is 16.0. The maximum Gasteiger partial charge on any atom is 0.230 e. The second-order valence-electron chi connectivity index (χ2n) is 18.5. The Morgan fingerprint density at radius 3 is 1.60 bits per heavy atom. The van der Waals surface area contributed by atoms with Crippen molar-refractivity contribution in [3.63, 3.8) is 0 Å². The number of nitrogens with zero attached hydrogens (tertiary/aromatic N) is 6. The van der Waals surface area contributed by atoms with Crippen molar-refractivity contribution in [1.82, 2.24) is 9.88 Å². The molecule has 1 N–H and O–H groups in total. The van der Waals surface area contributed by atoms with E-state index in [0.29, 0.717) is 5.96 Å². The molecule has 13 rings (SSSR count). The molecule has 3 heterocycles. The van der Waals surface area contributed by atoms with E-state index < -0.39 is 6.17 Å². The highest BCUT2D eigenvalue weighted by Crippen LogP contribution is 2.51. The molecule has 0 saturated heterocycles. The van der Waals surface area contributed by atoms with Crippen LogP contribution in [0.1, 0.15) is 42.6 Å². The fraction of sp³-hybridized carbons (Fsp3) is 0.0769. The summed E-state index contributed by atoms with van der Waals surface area (Å²) in [6.07, 6.45) is 6.08. The molecule has 0 spiro atoms. The molecule has 346 valence electrons. The number of allylic oxidation sites excluding steroid dienone is 2. The van der Waals surface area contributed by atoms with E-state index in [9.17, 15) is 0 Å². The lowest BCUT2D eigenvalue weighted by atomic mass is 9.90. The van der Waals surface area contributed by atoms with Crippen molar-refractivity contribution in [2.24, 2.45) is 9.98 Å². The van der Waals surface area contributed by atoms with Crippen molar-refractivity contribution in [1.29, 1.82) is 0 Å². The molecule has 1 aromatic heterocycles. The Balaban J connectivity index is 0.985. The number of guanidine groups is 1. The summed E-state index contributed by atoms with van der Waals surface area (Å²) in [5.74, 6) is 1.44. The monoisotopic (exact) mass is 929 g/mol. The fourth-order valence-corrected chi connectivity index (χ4v) is 10.9. The number of anilines is 7. The molecule has 0 fully saturated rings. The van der Waals surface area contributed by atoms with Gasteiger partial charge in [-0.3, -0.25) is 0 Å². The Hall–Kier alpha value is -9.20. The summed E-state index contributed by atoms with van der Waals surface area (Å²) in [4.78, 5) is 18.4. The summed E-state index contributed by atoms with van der Waals surface area (Å²) >= 11 is 0. The molecule has 10 aromatic rings. The van der Waals surface area contributed by atoms with Crippen molar-refractivity contribution < 1.29 is 0 Å². The van der Waals surface area contributed by atoms with Crippen LogP contribution in [0, 0.1) is 0 Å². The molecule has 2 aliphatic heterocycles. The lowest BCUT2D eigenvalue weighted by molar-refractivity contribution is 0.663. The summed E-state index contributed by atoms with van der Waals surface area (Å²) in [5, 5.41) is 6.27. The first kappa shape index (κ1) is 42.9. The Bertz CT molecular complexity index is 3630. The Morgan fingerprint density at radius 1 is 0.514 bits per heavy atom. The summed E-state index contributed by atoms with van der Waals surface area (Å²) < 4.78 is 2.44. The summed E-state index contributed by atoms with van der Waals surface area (Å²) in [6, 6.07) is 84.0. The van der Waals surface area contributed by atoms with E-state index in [2.05, 4.69) is 280 Å². The zero-order chi connectivity index (χ0) is 48.0. The predicted molar refractivity (Wildman–Crippen MR) is 300 cm³/mol. The van der Waals surface area contributed by atoms with Gasteiger partial charge < -0.3 is 24.6 Å². The fourth-order valence-electron chi connectivity index (χ4n) is 10.9. The maximum absolute atomic E-state index is 5.70. The maximum atomic E-state index is 5.70. The highest BCUT2D eigenvalue weighted by atomic mass is 15.4. The number of rotatable bonds is 10. The molecule has 0 bridgehead atoms. The van der Waals surface area contributed by atoms with Crippen molar-refractivity contribution in [3.8, 4) is 5.69 Å². The Kier molecular flexibility index (Phi) is 10.9. The number of benzene rings is 9. The van der Waals surface area contributed by atoms with Crippen LogP contribution in [0.4, 0.5) is 39.8 Å². The van der Waals surface area contributed by atoms with Gasteiger partial charge in [0.1, 0.15) is 12.0 Å². The number of amidine groups is 1. The number of aliphatic imine (C=N–C) groups is 2.